The minimum atomic E-state index is -0.349. The van der Waals surface area contributed by atoms with Gasteiger partial charge in [-0.2, -0.15) is 0 Å². The van der Waals surface area contributed by atoms with Crippen LogP contribution < -0.4 is 5.32 Å². The van der Waals surface area contributed by atoms with Crippen molar-refractivity contribution in [1.82, 2.24) is 5.32 Å². The number of rotatable bonds is 4. The zero-order chi connectivity index (χ0) is 12.2. The van der Waals surface area contributed by atoms with E-state index in [-0.39, 0.29) is 16.4 Å². The molecular formula is C13H19ClFN. The fourth-order valence-corrected chi connectivity index (χ4v) is 1.65. The first kappa shape index (κ1) is 13.5. The lowest BCUT2D eigenvalue weighted by atomic mass is 10.1. The molecule has 0 heterocycles. The van der Waals surface area contributed by atoms with E-state index < -0.39 is 0 Å². The Bertz CT molecular complexity index is 344. The van der Waals surface area contributed by atoms with Gasteiger partial charge in [0.2, 0.25) is 0 Å². The lowest BCUT2D eigenvalue weighted by Gasteiger charge is -2.20. The maximum atomic E-state index is 12.9. The molecule has 1 N–H and O–H groups in total. The van der Waals surface area contributed by atoms with Crippen molar-refractivity contribution in [2.75, 3.05) is 6.54 Å². The molecule has 0 fully saturated rings. The Morgan fingerprint density at radius 3 is 2.56 bits per heavy atom. The summed E-state index contributed by atoms with van der Waals surface area (Å²) in [6, 6.07) is 4.92. The summed E-state index contributed by atoms with van der Waals surface area (Å²) < 4.78 is 12.9. The molecule has 0 saturated heterocycles. The van der Waals surface area contributed by atoms with Gasteiger partial charge in [-0.25, -0.2) is 4.39 Å². The Balaban J connectivity index is 2.35. The standard InChI is InChI=1S/C13H19ClFN/c1-13(2,3)16-8-4-5-10-6-7-12(15)11(14)9-10/h6-7,9,16H,4-5,8H2,1-3H3. The summed E-state index contributed by atoms with van der Waals surface area (Å²) in [5.74, 6) is -0.349. The van der Waals surface area contributed by atoms with E-state index in [0.29, 0.717) is 0 Å². The van der Waals surface area contributed by atoms with Crippen LogP contribution in [-0.4, -0.2) is 12.1 Å². The number of aryl methyl sites for hydroxylation is 1. The molecule has 1 aromatic carbocycles. The molecule has 1 aromatic rings. The second kappa shape index (κ2) is 5.65. The van der Waals surface area contributed by atoms with E-state index in [0.717, 1.165) is 24.9 Å². The zero-order valence-electron chi connectivity index (χ0n) is 10.1. The highest BCUT2D eigenvalue weighted by Gasteiger charge is 2.07. The number of hydrogen-bond donors (Lipinski definition) is 1. The molecule has 0 aliphatic rings. The molecule has 0 unspecified atom stereocenters. The van der Waals surface area contributed by atoms with Crippen LogP contribution in [0.1, 0.15) is 32.8 Å². The van der Waals surface area contributed by atoms with Crippen molar-refractivity contribution in [2.24, 2.45) is 0 Å². The quantitative estimate of drug-likeness (QED) is 0.794. The van der Waals surface area contributed by atoms with Crippen LogP contribution in [0.15, 0.2) is 18.2 Å². The van der Waals surface area contributed by atoms with Crippen LogP contribution in [0, 0.1) is 5.82 Å². The second-order valence-corrected chi connectivity index (χ2v) is 5.44. The van der Waals surface area contributed by atoms with Gasteiger partial charge in [-0.05, 0) is 57.9 Å². The first-order valence-electron chi connectivity index (χ1n) is 5.57. The predicted molar refractivity (Wildman–Crippen MR) is 67.5 cm³/mol. The Labute approximate surface area is 102 Å². The fraction of sp³-hybridized carbons (Fsp3) is 0.538. The van der Waals surface area contributed by atoms with Gasteiger partial charge < -0.3 is 5.32 Å². The topological polar surface area (TPSA) is 12.0 Å². The number of hydrogen-bond acceptors (Lipinski definition) is 1. The lowest BCUT2D eigenvalue weighted by Crippen LogP contribution is -2.36. The molecule has 0 spiro atoms. The highest BCUT2D eigenvalue weighted by Crippen LogP contribution is 2.16. The molecule has 0 aliphatic carbocycles. The largest absolute Gasteiger partial charge is 0.312 e. The molecule has 0 saturated carbocycles. The average molecular weight is 244 g/mol. The number of benzene rings is 1. The van der Waals surface area contributed by atoms with E-state index >= 15 is 0 Å². The van der Waals surface area contributed by atoms with E-state index in [1.54, 1.807) is 12.1 Å². The van der Waals surface area contributed by atoms with Crippen molar-refractivity contribution in [2.45, 2.75) is 39.2 Å². The van der Waals surface area contributed by atoms with Crippen molar-refractivity contribution >= 4 is 11.6 Å². The molecule has 0 aliphatic heterocycles. The smallest absolute Gasteiger partial charge is 0.141 e. The van der Waals surface area contributed by atoms with Crippen molar-refractivity contribution < 1.29 is 4.39 Å². The summed E-state index contributed by atoms with van der Waals surface area (Å²) in [7, 11) is 0. The molecule has 0 bridgehead atoms. The van der Waals surface area contributed by atoms with E-state index in [1.165, 1.54) is 6.07 Å². The third-order valence-corrected chi connectivity index (χ3v) is 2.57. The molecule has 16 heavy (non-hydrogen) atoms. The molecule has 0 aromatic heterocycles. The van der Waals surface area contributed by atoms with Gasteiger partial charge in [-0.1, -0.05) is 17.7 Å². The molecule has 90 valence electrons. The van der Waals surface area contributed by atoms with E-state index in [2.05, 4.69) is 26.1 Å². The Hall–Kier alpha value is -0.600. The zero-order valence-corrected chi connectivity index (χ0v) is 10.9. The Morgan fingerprint density at radius 2 is 2.00 bits per heavy atom. The minimum absolute atomic E-state index is 0.153. The summed E-state index contributed by atoms with van der Waals surface area (Å²) >= 11 is 5.71. The monoisotopic (exact) mass is 243 g/mol. The summed E-state index contributed by atoms with van der Waals surface area (Å²) in [4.78, 5) is 0. The number of nitrogens with one attached hydrogen (secondary N) is 1. The molecule has 1 rings (SSSR count). The summed E-state index contributed by atoms with van der Waals surface area (Å²) in [6.45, 7) is 7.38. The molecule has 1 nitrogen and oxygen atoms in total. The first-order chi connectivity index (χ1) is 7.38. The van der Waals surface area contributed by atoms with Gasteiger partial charge in [0.05, 0.1) is 5.02 Å². The maximum absolute atomic E-state index is 12.9. The Morgan fingerprint density at radius 1 is 1.31 bits per heavy atom. The van der Waals surface area contributed by atoms with Crippen LogP contribution in [0.4, 0.5) is 4.39 Å². The summed E-state index contributed by atoms with van der Waals surface area (Å²) in [6.07, 6.45) is 1.95. The predicted octanol–water partition coefficient (Wildman–Crippen LogP) is 3.80. The molecule has 3 heteroatoms. The fourth-order valence-electron chi connectivity index (χ4n) is 1.45. The summed E-state index contributed by atoms with van der Waals surface area (Å²) in [5.41, 5.74) is 1.24. The normalized spacial score (nSPS) is 11.8. The Kier molecular flexibility index (Phi) is 4.75. The van der Waals surface area contributed by atoms with Gasteiger partial charge in [0.1, 0.15) is 5.82 Å². The van der Waals surface area contributed by atoms with Gasteiger partial charge in [0.15, 0.2) is 0 Å². The van der Waals surface area contributed by atoms with Gasteiger partial charge in [0.25, 0.3) is 0 Å². The molecule has 0 atom stereocenters. The van der Waals surface area contributed by atoms with Gasteiger partial charge in [-0.3, -0.25) is 0 Å². The van der Waals surface area contributed by atoms with E-state index in [9.17, 15) is 4.39 Å². The highest BCUT2D eigenvalue weighted by molar-refractivity contribution is 6.30. The van der Waals surface area contributed by atoms with E-state index in [4.69, 9.17) is 11.6 Å². The summed E-state index contributed by atoms with van der Waals surface area (Å²) in [5, 5.41) is 3.62. The minimum Gasteiger partial charge on any atom is -0.312 e. The van der Waals surface area contributed by atoms with Crippen LogP contribution >= 0.6 is 11.6 Å². The van der Waals surface area contributed by atoms with Gasteiger partial charge in [-0.15, -0.1) is 0 Å². The van der Waals surface area contributed by atoms with Crippen LogP contribution in [0.2, 0.25) is 5.02 Å². The van der Waals surface area contributed by atoms with E-state index in [1.807, 2.05) is 0 Å². The van der Waals surface area contributed by atoms with Crippen molar-refractivity contribution in [3.63, 3.8) is 0 Å². The average Bonchev–Trinajstić information content (AvgIpc) is 2.17. The lowest BCUT2D eigenvalue weighted by molar-refractivity contribution is 0.422. The van der Waals surface area contributed by atoms with Crippen molar-refractivity contribution in [3.8, 4) is 0 Å². The van der Waals surface area contributed by atoms with Crippen LogP contribution in [0.25, 0.3) is 0 Å². The van der Waals surface area contributed by atoms with Crippen LogP contribution in [-0.2, 0) is 6.42 Å². The van der Waals surface area contributed by atoms with Crippen LogP contribution in [0.5, 0.6) is 0 Å². The van der Waals surface area contributed by atoms with Crippen LogP contribution in [0.3, 0.4) is 0 Å². The molecule has 0 amide bonds. The SMILES string of the molecule is CC(C)(C)NCCCc1ccc(F)c(Cl)c1. The van der Waals surface area contributed by atoms with Gasteiger partial charge >= 0.3 is 0 Å². The van der Waals surface area contributed by atoms with Gasteiger partial charge in [0, 0.05) is 5.54 Å². The van der Waals surface area contributed by atoms with Crippen molar-refractivity contribution in [3.05, 3.63) is 34.6 Å². The highest BCUT2D eigenvalue weighted by atomic mass is 35.5. The third-order valence-electron chi connectivity index (χ3n) is 2.28. The molecule has 0 radical (unpaired) electrons. The van der Waals surface area contributed by atoms with Crippen molar-refractivity contribution in [1.29, 1.82) is 0 Å². The first-order valence-corrected chi connectivity index (χ1v) is 5.95. The second-order valence-electron chi connectivity index (χ2n) is 5.03. The third kappa shape index (κ3) is 4.95. The number of halogens is 2. The molecular weight excluding hydrogens is 225 g/mol. The maximum Gasteiger partial charge on any atom is 0.141 e.